The molecular formula is C20H22F2N3OS+. The van der Waals surface area contributed by atoms with Crippen LogP contribution >= 0.6 is 11.3 Å². The van der Waals surface area contributed by atoms with Gasteiger partial charge in [-0.05, 0) is 55.9 Å². The van der Waals surface area contributed by atoms with E-state index in [1.807, 2.05) is 6.92 Å². The number of halogens is 2. The number of hydrogen-bond donors (Lipinski definition) is 2. The Balaban J connectivity index is 1.63. The Morgan fingerprint density at radius 3 is 2.93 bits per heavy atom. The number of hydrogen-bond acceptors (Lipinski definition) is 3. The first kappa shape index (κ1) is 19.5. The fourth-order valence-corrected chi connectivity index (χ4v) is 4.73. The van der Waals surface area contributed by atoms with Crippen molar-refractivity contribution in [2.24, 2.45) is 5.92 Å². The van der Waals surface area contributed by atoms with Gasteiger partial charge in [0.15, 0.2) is 18.2 Å². The average molecular weight is 390 g/mol. The number of nitrogens with two attached hydrogens (primary N) is 1. The van der Waals surface area contributed by atoms with Crippen molar-refractivity contribution in [3.63, 3.8) is 0 Å². The van der Waals surface area contributed by atoms with Crippen LogP contribution in [0.15, 0.2) is 18.2 Å². The molecule has 0 aliphatic heterocycles. The molecule has 3 rings (SSSR count). The van der Waals surface area contributed by atoms with E-state index in [1.54, 1.807) is 5.32 Å². The molecule has 142 valence electrons. The van der Waals surface area contributed by atoms with Gasteiger partial charge in [0.1, 0.15) is 17.1 Å². The molecule has 0 saturated heterocycles. The number of quaternary nitrogens is 1. The van der Waals surface area contributed by atoms with Crippen LogP contribution in [-0.2, 0) is 17.6 Å². The Kier molecular flexibility index (Phi) is 5.88. The van der Waals surface area contributed by atoms with Crippen LogP contribution in [0.25, 0.3) is 0 Å². The van der Waals surface area contributed by atoms with Gasteiger partial charge in [-0.2, -0.15) is 5.26 Å². The van der Waals surface area contributed by atoms with E-state index in [0.717, 1.165) is 37.0 Å². The summed E-state index contributed by atoms with van der Waals surface area (Å²) in [5.74, 6) is -1.40. The molecule has 1 aromatic heterocycles. The van der Waals surface area contributed by atoms with E-state index in [4.69, 9.17) is 0 Å². The van der Waals surface area contributed by atoms with Gasteiger partial charge in [-0.15, -0.1) is 11.3 Å². The minimum absolute atomic E-state index is 0.129. The lowest BCUT2D eigenvalue weighted by Crippen LogP contribution is -2.86. The molecular weight excluding hydrogens is 368 g/mol. The van der Waals surface area contributed by atoms with E-state index < -0.39 is 11.6 Å². The molecule has 0 bridgehead atoms. The molecule has 0 unspecified atom stereocenters. The van der Waals surface area contributed by atoms with Crippen LogP contribution in [0.4, 0.5) is 13.8 Å². The zero-order chi connectivity index (χ0) is 19.6. The second kappa shape index (κ2) is 8.15. The number of nitrogens with zero attached hydrogens (tertiary/aromatic N) is 1. The Hall–Kier alpha value is -2.30. The van der Waals surface area contributed by atoms with E-state index in [-0.39, 0.29) is 18.5 Å². The van der Waals surface area contributed by atoms with Crippen LogP contribution in [0.1, 0.15) is 47.9 Å². The normalized spacial score (nSPS) is 17.1. The van der Waals surface area contributed by atoms with Gasteiger partial charge >= 0.3 is 0 Å². The Bertz CT molecular complexity index is 903. The monoisotopic (exact) mass is 390 g/mol. The molecule has 2 atom stereocenters. The van der Waals surface area contributed by atoms with Crippen molar-refractivity contribution in [2.45, 2.75) is 39.2 Å². The van der Waals surface area contributed by atoms with E-state index in [0.29, 0.717) is 22.0 Å². The second-order valence-corrected chi connectivity index (χ2v) is 8.22. The van der Waals surface area contributed by atoms with Crippen LogP contribution in [0.2, 0.25) is 0 Å². The molecule has 1 aliphatic rings. The average Bonchev–Trinajstić information content (AvgIpc) is 2.97. The third-order valence-corrected chi connectivity index (χ3v) is 6.17. The van der Waals surface area contributed by atoms with Gasteiger partial charge in [-0.25, -0.2) is 8.78 Å². The molecule has 27 heavy (non-hydrogen) atoms. The molecule has 3 N–H and O–H groups in total. The van der Waals surface area contributed by atoms with Gasteiger partial charge in [0, 0.05) is 10.4 Å². The van der Waals surface area contributed by atoms with Crippen LogP contribution in [0.3, 0.4) is 0 Å². The molecule has 0 radical (unpaired) electrons. The summed E-state index contributed by atoms with van der Waals surface area (Å²) in [6.45, 7) is 4.15. The molecule has 7 heteroatoms. The molecule has 4 nitrogen and oxygen atoms in total. The SMILES string of the molecule is C[C@H]1CCc2c(sc(NC(=O)C[NH2+][C@H](C)c3ccc(F)c(F)c3)c2C#N)C1. The highest BCUT2D eigenvalue weighted by Gasteiger charge is 2.25. The standard InChI is InChI=1S/C20H21F2N3OS/c1-11-3-5-14-15(9-23)20(27-18(14)7-11)25-19(26)10-24-12(2)13-4-6-16(21)17(22)8-13/h4,6,8,11-12,24H,3,5,7,10H2,1-2H3,(H,25,26)/p+1/t11-,12+/m0/s1. The zero-order valence-electron chi connectivity index (χ0n) is 15.3. The minimum atomic E-state index is -0.894. The summed E-state index contributed by atoms with van der Waals surface area (Å²) in [5, 5.41) is 14.7. The summed E-state index contributed by atoms with van der Waals surface area (Å²) in [4.78, 5) is 13.5. The van der Waals surface area contributed by atoms with E-state index in [2.05, 4.69) is 18.3 Å². The summed E-state index contributed by atoms with van der Waals surface area (Å²) >= 11 is 1.49. The quantitative estimate of drug-likeness (QED) is 0.823. The van der Waals surface area contributed by atoms with Gasteiger partial charge in [0.2, 0.25) is 0 Å². The van der Waals surface area contributed by atoms with Crippen molar-refractivity contribution in [2.75, 3.05) is 11.9 Å². The molecule has 0 saturated carbocycles. The van der Waals surface area contributed by atoms with Gasteiger partial charge in [0.25, 0.3) is 5.91 Å². The first-order valence-electron chi connectivity index (χ1n) is 9.01. The van der Waals surface area contributed by atoms with E-state index in [9.17, 15) is 18.8 Å². The number of amides is 1. The maximum Gasteiger partial charge on any atom is 0.280 e. The lowest BCUT2D eigenvalue weighted by Gasteiger charge is -2.17. The lowest BCUT2D eigenvalue weighted by atomic mass is 9.89. The van der Waals surface area contributed by atoms with Crippen molar-refractivity contribution in [3.05, 3.63) is 51.4 Å². The number of nitrogens with one attached hydrogen (secondary N) is 1. The van der Waals surface area contributed by atoms with Crippen molar-refractivity contribution in [1.82, 2.24) is 0 Å². The predicted octanol–water partition coefficient (Wildman–Crippen LogP) is 3.29. The third kappa shape index (κ3) is 4.34. The Morgan fingerprint density at radius 1 is 1.44 bits per heavy atom. The number of nitriles is 1. The van der Waals surface area contributed by atoms with Gasteiger partial charge in [-0.1, -0.05) is 6.92 Å². The minimum Gasteiger partial charge on any atom is -0.333 e. The number of carbonyl (C=O) groups excluding carboxylic acids is 1. The Morgan fingerprint density at radius 2 is 2.22 bits per heavy atom. The maximum atomic E-state index is 13.4. The highest BCUT2D eigenvalue weighted by molar-refractivity contribution is 7.16. The Labute approximate surface area is 161 Å². The smallest absolute Gasteiger partial charge is 0.280 e. The molecule has 1 aliphatic carbocycles. The number of benzene rings is 1. The summed E-state index contributed by atoms with van der Waals surface area (Å²) < 4.78 is 26.4. The van der Waals surface area contributed by atoms with E-state index >= 15 is 0 Å². The third-order valence-electron chi connectivity index (χ3n) is 5.00. The number of thiophene rings is 1. The summed E-state index contributed by atoms with van der Waals surface area (Å²) in [7, 11) is 0. The maximum absolute atomic E-state index is 13.4. The van der Waals surface area contributed by atoms with Gasteiger partial charge in [-0.3, -0.25) is 4.79 Å². The molecule has 1 heterocycles. The number of anilines is 1. The van der Waals surface area contributed by atoms with Crippen molar-refractivity contribution in [3.8, 4) is 6.07 Å². The highest BCUT2D eigenvalue weighted by Crippen LogP contribution is 2.39. The zero-order valence-corrected chi connectivity index (χ0v) is 16.1. The molecule has 0 fully saturated rings. The second-order valence-electron chi connectivity index (χ2n) is 7.12. The topological polar surface area (TPSA) is 69.5 Å². The van der Waals surface area contributed by atoms with Crippen LogP contribution in [-0.4, -0.2) is 12.5 Å². The molecule has 1 aromatic carbocycles. The van der Waals surface area contributed by atoms with Gasteiger partial charge in [0.05, 0.1) is 5.56 Å². The lowest BCUT2D eigenvalue weighted by molar-refractivity contribution is -0.682. The first-order chi connectivity index (χ1) is 12.9. The fraction of sp³-hybridized carbons (Fsp3) is 0.400. The first-order valence-corrected chi connectivity index (χ1v) is 9.83. The molecule has 1 amide bonds. The molecule has 0 spiro atoms. The molecule has 2 aromatic rings. The summed E-state index contributed by atoms with van der Waals surface area (Å²) in [5.41, 5.74) is 2.28. The largest absolute Gasteiger partial charge is 0.333 e. The van der Waals surface area contributed by atoms with Crippen molar-refractivity contribution in [1.29, 1.82) is 5.26 Å². The van der Waals surface area contributed by atoms with Crippen LogP contribution < -0.4 is 10.6 Å². The van der Waals surface area contributed by atoms with Crippen molar-refractivity contribution < 1.29 is 18.9 Å². The number of rotatable bonds is 5. The van der Waals surface area contributed by atoms with Crippen molar-refractivity contribution >= 4 is 22.2 Å². The fourth-order valence-electron chi connectivity index (χ4n) is 3.35. The number of carbonyl (C=O) groups is 1. The highest BCUT2D eigenvalue weighted by atomic mass is 32.1. The summed E-state index contributed by atoms with van der Waals surface area (Å²) in [6.07, 6.45) is 2.89. The predicted molar refractivity (Wildman–Crippen MR) is 100 cm³/mol. The number of fused-ring (bicyclic) bond motifs is 1. The summed E-state index contributed by atoms with van der Waals surface area (Å²) in [6, 6.07) is 5.79. The van der Waals surface area contributed by atoms with Gasteiger partial charge < -0.3 is 10.6 Å². The van der Waals surface area contributed by atoms with Crippen LogP contribution in [0.5, 0.6) is 0 Å². The van der Waals surface area contributed by atoms with E-state index in [1.165, 1.54) is 22.3 Å². The van der Waals surface area contributed by atoms with Crippen LogP contribution in [0, 0.1) is 28.9 Å².